The van der Waals surface area contributed by atoms with Gasteiger partial charge in [0.1, 0.15) is 0 Å². The molecule has 1 rings (SSSR count). The van der Waals surface area contributed by atoms with Crippen LogP contribution in [0.25, 0.3) is 0 Å². The van der Waals surface area contributed by atoms with Gasteiger partial charge in [0, 0.05) is 32.7 Å². The molecule has 0 saturated carbocycles. The molecule has 0 spiro atoms. The van der Waals surface area contributed by atoms with Crippen molar-refractivity contribution in [3.63, 3.8) is 0 Å². The fourth-order valence-corrected chi connectivity index (χ4v) is 1.83. The number of piperazine rings is 1. The largest absolute Gasteiger partial charge is 0.469 e. The van der Waals surface area contributed by atoms with Crippen LogP contribution in [0.3, 0.4) is 0 Å². The van der Waals surface area contributed by atoms with Crippen molar-refractivity contribution in [3.05, 3.63) is 0 Å². The number of ether oxygens (including phenoxy) is 1. The van der Waals surface area contributed by atoms with Crippen LogP contribution in [-0.4, -0.2) is 73.9 Å². The van der Waals surface area contributed by atoms with Crippen molar-refractivity contribution in [1.82, 2.24) is 9.80 Å². The Labute approximate surface area is 113 Å². The van der Waals surface area contributed by atoms with Gasteiger partial charge in [-0.25, -0.2) is 8.78 Å². The van der Waals surface area contributed by atoms with Crippen LogP contribution in [0.4, 0.5) is 17.6 Å². The van der Waals surface area contributed by atoms with Gasteiger partial charge in [-0.1, -0.05) is 0 Å². The Kier molecular flexibility index (Phi) is 5.73. The van der Waals surface area contributed by atoms with Crippen LogP contribution in [0, 0.1) is 0 Å². The lowest BCUT2D eigenvalue weighted by molar-refractivity contribution is -0.182. The highest BCUT2D eigenvalue weighted by molar-refractivity contribution is 5.84. The lowest BCUT2D eigenvalue weighted by atomic mass is 10.2. The smallest absolute Gasteiger partial charge is 0.383 e. The molecule has 20 heavy (non-hydrogen) atoms. The van der Waals surface area contributed by atoms with Gasteiger partial charge in [0.05, 0.1) is 13.5 Å². The fraction of sp³-hybridized carbons (Fsp3) is 0.818. The lowest BCUT2D eigenvalue weighted by Gasteiger charge is -2.35. The molecule has 0 aromatic carbocycles. The summed E-state index contributed by atoms with van der Waals surface area (Å²) in [6.45, 7) is 0.745. The minimum atomic E-state index is -4.64. The zero-order chi connectivity index (χ0) is 15.3. The minimum absolute atomic E-state index is 0.0671. The number of halogens is 4. The molecular formula is C11H16F4N2O3. The summed E-state index contributed by atoms with van der Waals surface area (Å²) in [5.41, 5.74) is 0. The summed E-state index contributed by atoms with van der Waals surface area (Å²) in [4.78, 5) is 24.7. The van der Waals surface area contributed by atoms with E-state index in [0.29, 0.717) is 6.54 Å². The highest BCUT2D eigenvalue weighted by Crippen LogP contribution is 2.25. The molecule has 0 aliphatic carbocycles. The zero-order valence-electron chi connectivity index (χ0n) is 11.0. The van der Waals surface area contributed by atoms with E-state index in [-0.39, 0.29) is 32.6 Å². The lowest BCUT2D eigenvalue weighted by Crippen LogP contribution is -2.55. The molecule has 5 nitrogen and oxygen atoms in total. The van der Waals surface area contributed by atoms with Crippen LogP contribution in [-0.2, 0) is 14.3 Å². The monoisotopic (exact) mass is 300 g/mol. The van der Waals surface area contributed by atoms with Gasteiger partial charge >= 0.3 is 18.3 Å². The maximum atomic E-state index is 12.9. The minimum Gasteiger partial charge on any atom is -0.469 e. The van der Waals surface area contributed by atoms with Gasteiger partial charge in [0.2, 0.25) is 0 Å². The van der Waals surface area contributed by atoms with Crippen molar-refractivity contribution >= 4 is 11.9 Å². The van der Waals surface area contributed by atoms with Gasteiger partial charge in [-0.15, -0.1) is 0 Å². The van der Waals surface area contributed by atoms with Crippen molar-refractivity contribution in [1.29, 1.82) is 0 Å². The van der Waals surface area contributed by atoms with E-state index in [1.807, 2.05) is 0 Å². The maximum absolute atomic E-state index is 12.9. The Hall–Kier alpha value is -1.38. The Morgan fingerprint density at radius 1 is 1.20 bits per heavy atom. The van der Waals surface area contributed by atoms with Crippen molar-refractivity contribution in [2.75, 3.05) is 39.8 Å². The van der Waals surface area contributed by atoms with Crippen LogP contribution in [0.5, 0.6) is 0 Å². The van der Waals surface area contributed by atoms with E-state index < -0.39 is 24.2 Å². The van der Waals surface area contributed by atoms with Gasteiger partial charge < -0.3 is 9.64 Å². The van der Waals surface area contributed by atoms with Crippen LogP contribution in [0.1, 0.15) is 6.42 Å². The molecule has 0 N–H and O–H groups in total. The molecule has 1 fully saturated rings. The Morgan fingerprint density at radius 2 is 1.75 bits per heavy atom. The third kappa shape index (κ3) is 4.06. The number of esters is 1. The third-order valence-electron chi connectivity index (χ3n) is 3.08. The molecule has 0 unspecified atom stereocenters. The average Bonchev–Trinajstić information content (AvgIpc) is 2.44. The summed E-state index contributed by atoms with van der Waals surface area (Å²) in [5.74, 6) is -6.89. The Bertz CT molecular complexity index is 358. The molecule has 1 heterocycles. The number of rotatable bonds is 5. The molecule has 1 amide bonds. The van der Waals surface area contributed by atoms with E-state index >= 15 is 0 Å². The second-order valence-corrected chi connectivity index (χ2v) is 4.38. The number of carbonyl (C=O) groups is 2. The fourth-order valence-electron chi connectivity index (χ4n) is 1.83. The summed E-state index contributed by atoms with van der Waals surface area (Å²) >= 11 is 0. The molecule has 116 valence electrons. The van der Waals surface area contributed by atoms with Crippen molar-refractivity contribution in [2.45, 2.75) is 18.8 Å². The van der Waals surface area contributed by atoms with Crippen molar-refractivity contribution in [2.24, 2.45) is 0 Å². The predicted molar refractivity (Wildman–Crippen MR) is 60.6 cm³/mol. The van der Waals surface area contributed by atoms with Crippen LogP contribution < -0.4 is 0 Å². The number of amides is 1. The summed E-state index contributed by atoms with van der Waals surface area (Å²) in [7, 11) is 1.26. The number of methoxy groups -OCH3 is 1. The van der Waals surface area contributed by atoms with Gasteiger partial charge in [-0.2, -0.15) is 8.78 Å². The molecule has 1 aliphatic heterocycles. The Morgan fingerprint density at radius 3 is 2.20 bits per heavy atom. The first-order chi connectivity index (χ1) is 9.28. The highest BCUT2D eigenvalue weighted by atomic mass is 19.3. The SMILES string of the molecule is COC(=O)CCN1CCN(C(=O)C(F)(F)C(F)F)CC1. The molecule has 9 heteroatoms. The molecular weight excluding hydrogens is 284 g/mol. The molecule has 0 atom stereocenters. The van der Waals surface area contributed by atoms with E-state index in [0.717, 1.165) is 4.90 Å². The summed E-state index contributed by atoms with van der Waals surface area (Å²) in [5, 5.41) is 0. The summed E-state index contributed by atoms with van der Waals surface area (Å²) < 4.78 is 54.4. The van der Waals surface area contributed by atoms with E-state index in [1.165, 1.54) is 7.11 Å². The normalized spacial score (nSPS) is 17.4. The van der Waals surface area contributed by atoms with Crippen LogP contribution in [0.2, 0.25) is 0 Å². The van der Waals surface area contributed by atoms with E-state index in [1.54, 1.807) is 4.90 Å². The van der Waals surface area contributed by atoms with Gasteiger partial charge in [-0.05, 0) is 0 Å². The number of carbonyl (C=O) groups excluding carboxylic acids is 2. The summed E-state index contributed by atoms with van der Waals surface area (Å²) in [6.07, 6.45) is -3.86. The second kappa shape index (κ2) is 6.87. The zero-order valence-corrected chi connectivity index (χ0v) is 11.0. The predicted octanol–water partition coefficient (Wildman–Crippen LogP) is 0.594. The van der Waals surface area contributed by atoms with Crippen molar-refractivity contribution in [3.8, 4) is 0 Å². The second-order valence-electron chi connectivity index (χ2n) is 4.38. The number of alkyl halides is 4. The first-order valence-electron chi connectivity index (χ1n) is 6.03. The Balaban J connectivity index is 2.42. The number of hydrogen-bond donors (Lipinski definition) is 0. The van der Waals surface area contributed by atoms with E-state index in [4.69, 9.17) is 0 Å². The number of hydrogen-bond acceptors (Lipinski definition) is 4. The van der Waals surface area contributed by atoms with E-state index in [9.17, 15) is 27.2 Å². The van der Waals surface area contributed by atoms with Crippen LogP contribution >= 0.6 is 0 Å². The third-order valence-corrected chi connectivity index (χ3v) is 3.08. The van der Waals surface area contributed by atoms with Gasteiger partial charge in [0.25, 0.3) is 5.91 Å². The topological polar surface area (TPSA) is 49.9 Å². The summed E-state index contributed by atoms with van der Waals surface area (Å²) in [6, 6.07) is 0. The van der Waals surface area contributed by atoms with Crippen LogP contribution in [0.15, 0.2) is 0 Å². The van der Waals surface area contributed by atoms with E-state index in [2.05, 4.69) is 4.74 Å². The molecule has 0 aromatic heterocycles. The first kappa shape index (κ1) is 16.7. The maximum Gasteiger partial charge on any atom is 0.383 e. The average molecular weight is 300 g/mol. The molecule has 0 aromatic rings. The standard InChI is InChI=1S/C11H16F4N2O3/c1-20-8(18)2-3-16-4-6-17(7-5-16)10(19)11(14,15)9(12)13/h9H,2-7H2,1H3. The molecule has 0 radical (unpaired) electrons. The highest BCUT2D eigenvalue weighted by Gasteiger charge is 2.51. The quantitative estimate of drug-likeness (QED) is 0.551. The molecule has 1 aliphatic rings. The molecule has 1 saturated heterocycles. The van der Waals surface area contributed by atoms with Crippen molar-refractivity contribution < 1.29 is 31.9 Å². The van der Waals surface area contributed by atoms with Gasteiger partial charge in [0.15, 0.2) is 0 Å². The first-order valence-corrected chi connectivity index (χ1v) is 6.03. The number of nitrogens with zero attached hydrogens (tertiary/aromatic N) is 2. The van der Waals surface area contributed by atoms with Gasteiger partial charge in [-0.3, -0.25) is 14.5 Å². The molecule has 0 bridgehead atoms.